The average molecular weight is 486 g/mol. The third kappa shape index (κ3) is 4.50. The molecule has 1 aromatic carbocycles. The van der Waals surface area contributed by atoms with E-state index in [4.69, 9.17) is 5.73 Å². The summed E-state index contributed by atoms with van der Waals surface area (Å²) >= 11 is 1.54. The summed E-state index contributed by atoms with van der Waals surface area (Å²) in [4.78, 5) is 25.2. The number of thiazole rings is 1. The van der Waals surface area contributed by atoms with E-state index in [2.05, 4.69) is 56.6 Å². The Bertz CT molecular complexity index is 1500. The number of anilines is 2. The second-order valence-electron chi connectivity index (χ2n) is 9.02. The number of pyridine rings is 1. The number of hydrogen-bond acceptors (Lipinski definition) is 8. The molecule has 1 saturated heterocycles. The first-order valence-corrected chi connectivity index (χ1v) is 12.5. The summed E-state index contributed by atoms with van der Waals surface area (Å²) in [5, 5.41) is 14.8. The molecule has 35 heavy (non-hydrogen) atoms. The van der Waals surface area contributed by atoms with E-state index in [0.29, 0.717) is 12.2 Å². The van der Waals surface area contributed by atoms with Gasteiger partial charge < -0.3 is 11.1 Å². The summed E-state index contributed by atoms with van der Waals surface area (Å²) in [6, 6.07) is 12.3. The molecule has 0 radical (unpaired) electrons. The van der Waals surface area contributed by atoms with Gasteiger partial charge in [-0.05, 0) is 56.1 Å². The van der Waals surface area contributed by atoms with Crippen LogP contribution in [0.5, 0.6) is 0 Å². The molecule has 0 saturated carbocycles. The number of likely N-dealkylation sites (tertiary alicyclic amines) is 1. The monoisotopic (exact) mass is 485 g/mol. The number of nitrogens with zero attached hydrogens (tertiary/aromatic N) is 5. The minimum atomic E-state index is -0.282. The summed E-state index contributed by atoms with van der Waals surface area (Å²) < 4.78 is 1.78. The van der Waals surface area contributed by atoms with Crippen LogP contribution in [0.3, 0.4) is 0 Å². The molecule has 4 heterocycles. The molecule has 1 aliphatic rings. The minimum absolute atomic E-state index is 0.0132. The first kappa shape index (κ1) is 23.0. The molecule has 1 aliphatic heterocycles. The molecule has 1 atom stereocenters. The van der Waals surface area contributed by atoms with Crippen LogP contribution < -0.4 is 16.6 Å². The number of benzene rings is 1. The fourth-order valence-corrected chi connectivity index (χ4v) is 5.49. The Labute approximate surface area is 207 Å². The normalized spacial score (nSPS) is 14.4. The number of nitrogens with two attached hydrogens (primary N) is 1. The van der Waals surface area contributed by atoms with Gasteiger partial charge in [-0.3, -0.25) is 14.1 Å². The van der Waals surface area contributed by atoms with Crippen molar-refractivity contribution in [2.75, 3.05) is 24.1 Å². The number of rotatable bonds is 7. The highest BCUT2D eigenvalue weighted by Gasteiger charge is 2.21. The lowest BCUT2D eigenvalue weighted by Gasteiger charge is -2.30. The van der Waals surface area contributed by atoms with Gasteiger partial charge in [0, 0.05) is 29.6 Å². The van der Waals surface area contributed by atoms with E-state index in [-0.39, 0.29) is 23.0 Å². The van der Waals surface area contributed by atoms with Crippen molar-refractivity contribution >= 4 is 27.8 Å². The molecule has 0 bridgehead atoms. The summed E-state index contributed by atoms with van der Waals surface area (Å²) in [5.41, 5.74) is 11.0. The molecule has 3 aromatic heterocycles. The van der Waals surface area contributed by atoms with Gasteiger partial charge in [0.25, 0.3) is 5.56 Å². The zero-order chi connectivity index (χ0) is 24.5. The lowest BCUT2D eigenvalue weighted by Crippen LogP contribution is -2.36. The highest BCUT2D eigenvalue weighted by molar-refractivity contribution is 7.15. The number of hydrogen-bond donors (Lipinski definition) is 2. The van der Waals surface area contributed by atoms with Crippen molar-refractivity contribution in [3.8, 4) is 6.07 Å². The van der Waals surface area contributed by atoms with Crippen molar-refractivity contribution in [2.24, 2.45) is 0 Å². The van der Waals surface area contributed by atoms with Crippen LogP contribution >= 0.6 is 11.3 Å². The van der Waals surface area contributed by atoms with Gasteiger partial charge in [-0.2, -0.15) is 5.26 Å². The lowest BCUT2D eigenvalue weighted by atomic mass is 9.96. The predicted octanol–water partition coefficient (Wildman–Crippen LogP) is 3.88. The molecule has 1 fully saturated rings. The second-order valence-corrected chi connectivity index (χ2v) is 9.91. The average Bonchev–Trinajstić information content (AvgIpc) is 3.19. The van der Waals surface area contributed by atoms with Crippen LogP contribution in [0, 0.1) is 18.3 Å². The maximum Gasteiger partial charge on any atom is 0.259 e. The molecule has 0 aliphatic carbocycles. The predicted molar refractivity (Wildman–Crippen MR) is 139 cm³/mol. The molecular formula is C26H27N7OS. The highest BCUT2D eigenvalue weighted by Crippen LogP contribution is 2.28. The Balaban J connectivity index is 1.54. The molecule has 4 aromatic rings. The van der Waals surface area contributed by atoms with Crippen molar-refractivity contribution < 1.29 is 0 Å². The molecule has 8 nitrogen and oxygen atoms in total. The Hall–Kier alpha value is -3.74. The summed E-state index contributed by atoms with van der Waals surface area (Å²) in [5.74, 6) is 0.485. The largest absolute Gasteiger partial charge is 0.382 e. The second kappa shape index (κ2) is 9.49. The molecule has 178 valence electrons. The van der Waals surface area contributed by atoms with Crippen LogP contribution in [-0.4, -0.2) is 32.4 Å². The smallest absolute Gasteiger partial charge is 0.259 e. The van der Waals surface area contributed by atoms with Gasteiger partial charge in [0.05, 0.1) is 6.04 Å². The fraction of sp³-hybridized carbons (Fsp3) is 0.308. The summed E-state index contributed by atoms with van der Waals surface area (Å²) in [6.07, 6.45) is 3.11. The van der Waals surface area contributed by atoms with Crippen molar-refractivity contribution in [3.05, 3.63) is 85.9 Å². The van der Waals surface area contributed by atoms with E-state index >= 15 is 0 Å². The van der Waals surface area contributed by atoms with Gasteiger partial charge in [0.2, 0.25) is 0 Å². The van der Waals surface area contributed by atoms with Crippen LogP contribution in [0.4, 0.5) is 11.6 Å². The van der Waals surface area contributed by atoms with Crippen LogP contribution in [0.15, 0.2) is 46.8 Å². The topological polar surface area (TPSA) is 112 Å². The van der Waals surface area contributed by atoms with E-state index < -0.39 is 0 Å². The number of nitrogens with one attached hydrogen (secondary N) is 1. The van der Waals surface area contributed by atoms with Crippen LogP contribution in [0.25, 0.3) is 4.83 Å². The van der Waals surface area contributed by atoms with Crippen LogP contribution in [-0.2, 0) is 13.0 Å². The van der Waals surface area contributed by atoms with Crippen LogP contribution in [0.1, 0.15) is 52.9 Å². The highest BCUT2D eigenvalue weighted by atomic mass is 32.1. The first-order chi connectivity index (χ1) is 16.9. The molecule has 0 spiro atoms. The molecule has 3 N–H and O–H groups in total. The molecule has 9 heteroatoms. The van der Waals surface area contributed by atoms with Crippen molar-refractivity contribution in [3.63, 3.8) is 0 Å². The van der Waals surface area contributed by atoms with E-state index in [9.17, 15) is 10.1 Å². The van der Waals surface area contributed by atoms with Gasteiger partial charge in [-0.1, -0.05) is 24.3 Å². The number of nitriles is 1. The third-order valence-electron chi connectivity index (χ3n) is 6.55. The van der Waals surface area contributed by atoms with E-state index in [0.717, 1.165) is 46.8 Å². The number of fused-ring (bicyclic) bond motifs is 1. The number of aromatic nitrogens is 3. The summed E-state index contributed by atoms with van der Waals surface area (Å²) in [7, 11) is 0. The molecular weight excluding hydrogens is 458 g/mol. The molecule has 5 rings (SSSR count). The Morgan fingerprint density at radius 2 is 2.06 bits per heavy atom. The Kier molecular flexibility index (Phi) is 6.24. The zero-order valence-electron chi connectivity index (χ0n) is 19.8. The number of aryl methyl sites for hydroxylation is 1. The fourth-order valence-electron chi connectivity index (χ4n) is 4.57. The Morgan fingerprint density at radius 3 is 2.80 bits per heavy atom. The lowest BCUT2D eigenvalue weighted by molar-refractivity contribution is 0.172. The first-order valence-electron chi connectivity index (χ1n) is 11.6. The molecule has 0 unspecified atom stereocenters. The minimum Gasteiger partial charge on any atom is -0.382 e. The number of nitrogen functional groups attached to an aromatic ring is 1. The van der Waals surface area contributed by atoms with E-state index in [1.165, 1.54) is 18.3 Å². The van der Waals surface area contributed by atoms with Gasteiger partial charge >= 0.3 is 0 Å². The quantitative estimate of drug-likeness (QED) is 0.408. The SMILES string of the molecule is Cc1csc2cc([C@H](C)Nc3ncnc(N)c3C#N)c(Cc3cccc(CN4CCC4)c3)c(=O)n12. The van der Waals surface area contributed by atoms with Crippen molar-refractivity contribution in [1.29, 1.82) is 5.26 Å². The maximum atomic E-state index is 13.7. The van der Waals surface area contributed by atoms with Gasteiger partial charge in [-0.25, -0.2) is 9.97 Å². The van der Waals surface area contributed by atoms with Crippen molar-refractivity contribution in [1.82, 2.24) is 19.3 Å². The van der Waals surface area contributed by atoms with Gasteiger partial charge in [0.1, 0.15) is 34.4 Å². The van der Waals surface area contributed by atoms with Crippen molar-refractivity contribution in [2.45, 2.75) is 39.3 Å². The maximum absolute atomic E-state index is 13.7. The third-order valence-corrected chi connectivity index (χ3v) is 7.55. The van der Waals surface area contributed by atoms with Gasteiger partial charge in [-0.15, -0.1) is 11.3 Å². The summed E-state index contributed by atoms with van der Waals surface area (Å²) in [6.45, 7) is 7.14. The van der Waals surface area contributed by atoms with E-state index in [1.54, 1.807) is 15.7 Å². The van der Waals surface area contributed by atoms with Gasteiger partial charge in [0.15, 0.2) is 0 Å². The Morgan fingerprint density at radius 1 is 1.26 bits per heavy atom. The zero-order valence-corrected chi connectivity index (χ0v) is 20.6. The van der Waals surface area contributed by atoms with Crippen LogP contribution in [0.2, 0.25) is 0 Å². The standard InChI is InChI=1S/C26H27N7OS/c1-16-14-35-23-11-20(17(2)31-25-22(12-27)24(28)29-15-30-25)21(26(34)33(16)23)10-18-5-3-6-19(9-18)13-32-7-4-8-32/h3,5-6,9,11,14-15,17H,4,7-8,10,13H2,1-2H3,(H3,28,29,30,31)/t17-/m0/s1. The molecule has 0 amide bonds. The van der Waals surface area contributed by atoms with E-state index in [1.807, 2.05) is 19.2 Å².